The SMILES string of the molecule is O=C(Cn1c(=O)oc2ccccc21)N1CCC(n2c(=O)[nH]c3ccc(F)cc3c2=O)CC1. The Morgan fingerprint density at radius 1 is 1.09 bits per heavy atom. The summed E-state index contributed by atoms with van der Waals surface area (Å²) in [5.41, 5.74) is 0.125. The number of amides is 1. The second-order valence-electron chi connectivity index (χ2n) is 7.83. The summed E-state index contributed by atoms with van der Waals surface area (Å²) in [5, 5.41) is 0.106. The van der Waals surface area contributed by atoms with E-state index in [2.05, 4.69) is 4.98 Å². The Labute approximate surface area is 179 Å². The van der Waals surface area contributed by atoms with Gasteiger partial charge >= 0.3 is 11.4 Å². The highest BCUT2D eigenvalue weighted by molar-refractivity contribution is 5.80. The zero-order chi connectivity index (χ0) is 22.4. The molecular weight excluding hydrogens is 419 g/mol. The first-order valence-corrected chi connectivity index (χ1v) is 10.2. The standard InChI is InChI=1S/C22H19FN4O5/c23-13-5-6-16-15(11-13)20(29)27(21(30)24-16)14-7-9-25(10-8-14)19(28)12-26-17-3-1-2-4-18(17)32-22(26)31/h1-6,11,14H,7-10,12H2,(H,24,30). The molecule has 0 atom stereocenters. The molecule has 1 saturated heterocycles. The Kier molecular flexibility index (Phi) is 4.76. The van der Waals surface area contributed by atoms with E-state index in [0.29, 0.717) is 37.0 Å². The number of carbonyl (C=O) groups is 1. The number of piperidine rings is 1. The van der Waals surface area contributed by atoms with E-state index in [1.165, 1.54) is 16.7 Å². The summed E-state index contributed by atoms with van der Waals surface area (Å²) >= 11 is 0. The van der Waals surface area contributed by atoms with E-state index in [1.807, 2.05) is 0 Å². The zero-order valence-electron chi connectivity index (χ0n) is 16.9. The van der Waals surface area contributed by atoms with Crippen LogP contribution in [-0.2, 0) is 11.3 Å². The third kappa shape index (κ3) is 3.33. The van der Waals surface area contributed by atoms with Crippen LogP contribution in [0.15, 0.2) is 61.3 Å². The molecule has 9 nitrogen and oxygen atoms in total. The van der Waals surface area contributed by atoms with Gasteiger partial charge in [-0.25, -0.2) is 14.0 Å². The van der Waals surface area contributed by atoms with Crippen molar-refractivity contribution in [2.75, 3.05) is 13.1 Å². The van der Waals surface area contributed by atoms with Crippen LogP contribution in [0.3, 0.4) is 0 Å². The number of nitrogens with zero attached hydrogens (tertiary/aromatic N) is 3. The molecule has 164 valence electrons. The first-order chi connectivity index (χ1) is 15.4. The van der Waals surface area contributed by atoms with Crippen molar-refractivity contribution in [3.8, 4) is 0 Å². The lowest BCUT2D eigenvalue weighted by Crippen LogP contribution is -2.46. The van der Waals surface area contributed by atoms with Crippen LogP contribution in [0.25, 0.3) is 22.0 Å². The summed E-state index contributed by atoms with van der Waals surface area (Å²) in [5.74, 6) is -1.41. The molecule has 1 aliphatic rings. The van der Waals surface area contributed by atoms with Crippen LogP contribution in [0.5, 0.6) is 0 Å². The molecule has 2 aromatic carbocycles. The number of carbonyl (C=O) groups excluding carboxylic acids is 1. The van der Waals surface area contributed by atoms with Crippen LogP contribution in [0, 0.1) is 5.82 Å². The molecule has 0 saturated carbocycles. The molecule has 0 unspecified atom stereocenters. The van der Waals surface area contributed by atoms with E-state index >= 15 is 0 Å². The quantitative estimate of drug-likeness (QED) is 0.523. The van der Waals surface area contributed by atoms with Crippen molar-refractivity contribution in [2.45, 2.75) is 25.4 Å². The van der Waals surface area contributed by atoms with E-state index < -0.39 is 28.9 Å². The van der Waals surface area contributed by atoms with Crippen LogP contribution >= 0.6 is 0 Å². The second kappa shape index (κ2) is 7.63. The Morgan fingerprint density at radius 2 is 1.84 bits per heavy atom. The average molecular weight is 438 g/mol. The molecule has 1 fully saturated rings. The highest BCUT2D eigenvalue weighted by Crippen LogP contribution is 2.21. The molecular formula is C22H19FN4O5. The van der Waals surface area contributed by atoms with Crippen molar-refractivity contribution in [2.24, 2.45) is 0 Å². The number of halogens is 1. The molecule has 1 N–H and O–H groups in total. The topological polar surface area (TPSA) is 110 Å². The van der Waals surface area contributed by atoms with Crippen molar-refractivity contribution < 1.29 is 13.6 Å². The van der Waals surface area contributed by atoms with Crippen molar-refractivity contribution in [3.63, 3.8) is 0 Å². The molecule has 0 bridgehead atoms. The van der Waals surface area contributed by atoms with Gasteiger partial charge < -0.3 is 14.3 Å². The smallest absolute Gasteiger partial charge is 0.408 e. The van der Waals surface area contributed by atoms with Gasteiger partial charge in [0.05, 0.1) is 16.4 Å². The third-order valence-electron chi connectivity index (χ3n) is 5.94. The number of rotatable bonds is 3. The predicted molar refractivity (Wildman–Crippen MR) is 114 cm³/mol. The van der Waals surface area contributed by atoms with E-state index in [4.69, 9.17) is 4.42 Å². The van der Waals surface area contributed by atoms with Gasteiger partial charge in [-0.1, -0.05) is 12.1 Å². The molecule has 4 aromatic rings. The van der Waals surface area contributed by atoms with Gasteiger partial charge in [0.25, 0.3) is 5.56 Å². The van der Waals surface area contributed by atoms with Crippen molar-refractivity contribution in [1.29, 1.82) is 0 Å². The van der Waals surface area contributed by atoms with E-state index in [1.54, 1.807) is 29.2 Å². The van der Waals surface area contributed by atoms with Crippen molar-refractivity contribution in [1.82, 2.24) is 19.0 Å². The molecule has 5 rings (SSSR count). The summed E-state index contributed by atoms with van der Waals surface area (Å²) in [4.78, 5) is 54.5. The van der Waals surface area contributed by atoms with Gasteiger partial charge in [-0.15, -0.1) is 0 Å². The molecule has 10 heteroatoms. The average Bonchev–Trinajstić information content (AvgIpc) is 3.10. The number of nitrogens with one attached hydrogen (secondary N) is 1. The summed E-state index contributed by atoms with van der Waals surface area (Å²) in [7, 11) is 0. The Balaban J connectivity index is 1.35. The molecule has 0 spiro atoms. The normalized spacial score (nSPS) is 15.0. The van der Waals surface area contributed by atoms with Crippen LogP contribution < -0.4 is 17.0 Å². The van der Waals surface area contributed by atoms with E-state index in [9.17, 15) is 23.6 Å². The van der Waals surface area contributed by atoms with Crippen LogP contribution in [0.4, 0.5) is 4.39 Å². The maximum absolute atomic E-state index is 13.6. The Morgan fingerprint density at radius 3 is 2.62 bits per heavy atom. The fourth-order valence-electron chi connectivity index (χ4n) is 4.30. The van der Waals surface area contributed by atoms with Crippen LogP contribution in [0.1, 0.15) is 18.9 Å². The number of aromatic amines is 1. The van der Waals surface area contributed by atoms with Gasteiger partial charge in [-0.2, -0.15) is 0 Å². The molecule has 3 heterocycles. The largest absolute Gasteiger partial charge is 0.420 e. The highest BCUT2D eigenvalue weighted by Gasteiger charge is 2.27. The molecule has 2 aromatic heterocycles. The van der Waals surface area contributed by atoms with Gasteiger partial charge in [0.15, 0.2) is 5.58 Å². The van der Waals surface area contributed by atoms with Crippen molar-refractivity contribution >= 4 is 27.9 Å². The highest BCUT2D eigenvalue weighted by atomic mass is 19.1. The number of H-pyrrole nitrogens is 1. The summed E-state index contributed by atoms with van der Waals surface area (Å²) < 4.78 is 21.2. The van der Waals surface area contributed by atoms with Crippen molar-refractivity contribution in [3.05, 3.63) is 79.7 Å². The lowest BCUT2D eigenvalue weighted by molar-refractivity contribution is -0.133. The number of hydrogen-bond donors (Lipinski definition) is 1. The van der Waals surface area contributed by atoms with Gasteiger partial charge in [0, 0.05) is 19.1 Å². The first-order valence-electron chi connectivity index (χ1n) is 10.2. The fourth-order valence-corrected chi connectivity index (χ4v) is 4.30. The molecule has 1 amide bonds. The maximum Gasteiger partial charge on any atom is 0.420 e. The minimum absolute atomic E-state index is 0.106. The first kappa shape index (κ1) is 20.0. The minimum Gasteiger partial charge on any atom is -0.408 e. The number of aromatic nitrogens is 3. The van der Waals surface area contributed by atoms with Gasteiger partial charge in [-0.05, 0) is 43.2 Å². The van der Waals surface area contributed by atoms with Gasteiger partial charge in [0.1, 0.15) is 12.4 Å². The number of hydrogen-bond acceptors (Lipinski definition) is 5. The summed E-state index contributed by atoms with van der Waals surface area (Å²) in [6.07, 6.45) is 0.771. The lowest BCUT2D eigenvalue weighted by Gasteiger charge is -2.32. The fraction of sp³-hybridized carbons (Fsp3) is 0.273. The predicted octanol–water partition coefficient (Wildman–Crippen LogP) is 1.60. The second-order valence-corrected chi connectivity index (χ2v) is 7.83. The van der Waals surface area contributed by atoms with E-state index in [0.717, 1.165) is 10.6 Å². The molecule has 0 radical (unpaired) electrons. The monoisotopic (exact) mass is 438 g/mol. The van der Waals surface area contributed by atoms with Gasteiger partial charge in [0.2, 0.25) is 5.91 Å². The number of benzene rings is 2. The summed E-state index contributed by atoms with van der Waals surface area (Å²) in [6.45, 7) is 0.485. The number of likely N-dealkylation sites (tertiary alicyclic amines) is 1. The number of oxazole rings is 1. The number of fused-ring (bicyclic) bond motifs is 2. The van der Waals surface area contributed by atoms with Crippen LogP contribution in [-0.4, -0.2) is 38.0 Å². The zero-order valence-corrected chi connectivity index (χ0v) is 16.9. The lowest BCUT2D eigenvalue weighted by atomic mass is 10.0. The third-order valence-corrected chi connectivity index (χ3v) is 5.94. The van der Waals surface area contributed by atoms with Crippen LogP contribution in [0.2, 0.25) is 0 Å². The Bertz CT molecular complexity index is 1520. The Hall–Kier alpha value is -3.95. The number of para-hydroxylation sites is 2. The summed E-state index contributed by atoms with van der Waals surface area (Å²) in [6, 6.07) is 10.1. The minimum atomic E-state index is -0.601. The van der Waals surface area contributed by atoms with Gasteiger partial charge in [-0.3, -0.25) is 18.7 Å². The molecule has 32 heavy (non-hydrogen) atoms. The van der Waals surface area contributed by atoms with E-state index in [-0.39, 0.29) is 23.4 Å². The molecule has 1 aliphatic heterocycles. The molecule has 0 aliphatic carbocycles. The maximum atomic E-state index is 13.6.